The van der Waals surface area contributed by atoms with Crippen LogP contribution in [0.25, 0.3) is 5.57 Å². The van der Waals surface area contributed by atoms with Crippen LogP contribution in [0.4, 0.5) is 0 Å². The van der Waals surface area contributed by atoms with Crippen LogP contribution in [0.1, 0.15) is 24.8 Å². The van der Waals surface area contributed by atoms with Crippen molar-refractivity contribution in [1.82, 2.24) is 0 Å². The van der Waals surface area contributed by atoms with Gasteiger partial charge in [0.25, 0.3) is 0 Å². The maximum absolute atomic E-state index is 5.75. The Balaban J connectivity index is 2.86. The van der Waals surface area contributed by atoms with Crippen LogP contribution in [0.3, 0.4) is 0 Å². The van der Waals surface area contributed by atoms with E-state index in [9.17, 15) is 0 Å². The number of quaternary nitrogens is 1. The summed E-state index contributed by atoms with van der Waals surface area (Å²) in [6, 6.07) is 10.4. The molecular formula is C18H33N4+. The molecule has 0 saturated heterocycles. The van der Waals surface area contributed by atoms with Crippen LogP contribution in [0.2, 0.25) is 0 Å². The van der Waals surface area contributed by atoms with E-state index in [1.54, 1.807) is 0 Å². The number of benzene rings is 1. The van der Waals surface area contributed by atoms with Gasteiger partial charge in [-0.1, -0.05) is 36.9 Å². The van der Waals surface area contributed by atoms with Crippen LogP contribution in [0.5, 0.6) is 0 Å². The Hall–Kier alpha value is -1.20. The van der Waals surface area contributed by atoms with Gasteiger partial charge in [0.1, 0.15) is 6.54 Å². The third-order valence-electron chi connectivity index (χ3n) is 4.22. The molecule has 0 bridgehead atoms. The molecule has 0 radical (unpaired) electrons. The van der Waals surface area contributed by atoms with E-state index in [0.29, 0.717) is 0 Å². The van der Waals surface area contributed by atoms with Crippen molar-refractivity contribution in [3.05, 3.63) is 42.5 Å². The molecule has 1 aromatic carbocycles. The van der Waals surface area contributed by atoms with E-state index in [2.05, 4.69) is 30.8 Å². The second kappa shape index (κ2) is 10.5. The van der Waals surface area contributed by atoms with E-state index in [1.807, 2.05) is 6.07 Å². The third kappa shape index (κ3) is 6.28. The molecule has 4 nitrogen and oxygen atoms in total. The maximum Gasteiger partial charge on any atom is 0.104 e. The van der Waals surface area contributed by atoms with Crippen LogP contribution in [0.15, 0.2) is 36.9 Å². The molecule has 6 N–H and O–H groups in total. The Kier molecular flexibility index (Phi) is 9.01. The zero-order valence-corrected chi connectivity index (χ0v) is 13.8. The van der Waals surface area contributed by atoms with E-state index >= 15 is 0 Å². The van der Waals surface area contributed by atoms with Crippen LogP contribution in [-0.2, 0) is 0 Å². The van der Waals surface area contributed by atoms with Gasteiger partial charge in [0.05, 0.1) is 19.6 Å². The highest BCUT2D eigenvalue weighted by atomic mass is 15.3. The highest BCUT2D eigenvalue weighted by Gasteiger charge is 2.27. The standard InChI is InChI=1S/C18H33N4/c1-17(18-8-3-2-4-9-18)16-22(13-5-10-19,14-6-11-20)15-7-12-21/h2-4,8-9H,1,5-7,10-16,19-21H2/q+1. The highest BCUT2D eigenvalue weighted by Crippen LogP contribution is 2.20. The van der Waals surface area contributed by atoms with Crippen LogP contribution < -0.4 is 17.2 Å². The Morgan fingerprint density at radius 2 is 1.27 bits per heavy atom. The summed E-state index contributed by atoms with van der Waals surface area (Å²) in [6.07, 6.45) is 3.08. The monoisotopic (exact) mass is 305 g/mol. The average molecular weight is 305 g/mol. The first-order valence-electron chi connectivity index (χ1n) is 8.36. The van der Waals surface area contributed by atoms with E-state index in [4.69, 9.17) is 17.2 Å². The van der Waals surface area contributed by atoms with Gasteiger partial charge in [-0.05, 0) is 25.2 Å². The molecule has 0 aliphatic heterocycles. The van der Waals surface area contributed by atoms with Gasteiger partial charge in [-0.2, -0.15) is 0 Å². The van der Waals surface area contributed by atoms with Crippen LogP contribution >= 0.6 is 0 Å². The van der Waals surface area contributed by atoms with Gasteiger partial charge in [0, 0.05) is 24.8 Å². The Bertz CT molecular complexity index is 395. The lowest BCUT2D eigenvalue weighted by molar-refractivity contribution is -0.921. The Labute approximate surface area is 135 Å². The third-order valence-corrected chi connectivity index (χ3v) is 4.22. The zero-order chi connectivity index (χ0) is 16.3. The minimum absolute atomic E-state index is 0.725. The molecule has 0 saturated carbocycles. The molecule has 0 aliphatic rings. The molecule has 0 unspecified atom stereocenters. The van der Waals surface area contributed by atoms with Gasteiger partial charge in [-0.15, -0.1) is 0 Å². The fourth-order valence-corrected chi connectivity index (χ4v) is 3.02. The van der Waals surface area contributed by atoms with E-state index in [1.165, 1.54) is 11.1 Å². The molecule has 1 aromatic rings. The van der Waals surface area contributed by atoms with Crippen molar-refractivity contribution < 1.29 is 4.48 Å². The molecule has 0 heterocycles. The summed E-state index contributed by atoms with van der Waals surface area (Å²) >= 11 is 0. The summed E-state index contributed by atoms with van der Waals surface area (Å²) in [4.78, 5) is 0. The first-order chi connectivity index (χ1) is 10.7. The van der Waals surface area contributed by atoms with Gasteiger partial charge >= 0.3 is 0 Å². The average Bonchev–Trinajstić information content (AvgIpc) is 2.56. The highest BCUT2D eigenvalue weighted by molar-refractivity contribution is 5.63. The molecule has 0 amide bonds. The molecule has 0 fully saturated rings. The molecule has 4 heteroatoms. The van der Waals surface area contributed by atoms with Crippen molar-refractivity contribution in [3.8, 4) is 0 Å². The number of nitrogens with zero attached hydrogens (tertiary/aromatic N) is 1. The lowest BCUT2D eigenvalue weighted by atomic mass is 10.0. The summed E-state index contributed by atoms with van der Waals surface area (Å²) in [6.45, 7) is 10.7. The fourth-order valence-electron chi connectivity index (χ4n) is 3.02. The van der Waals surface area contributed by atoms with Crippen molar-refractivity contribution >= 4 is 5.57 Å². The molecule has 124 valence electrons. The molecule has 0 aromatic heterocycles. The molecule has 0 aliphatic carbocycles. The van der Waals surface area contributed by atoms with E-state index in [-0.39, 0.29) is 0 Å². The molecular weight excluding hydrogens is 272 g/mol. The molecule has 0 spiro atoms. The predicted octanol–water partition coefficient (Wildman–Crippen LogP) is 1.56. The van der Waals surface area contributed by atoms with Gasteiger partial charge < -0.3 is 21.7 Å². The van der Waals surface area contributed by atoms with Gasteiger partial charge in [-0.3, -0.25) is 0 Å². The van der Waals surface area contributed by atoms with Crippen molar-refractivity contribution in [2.75, 3.05) is 45.8 Å². The summed E-state index contributed by atoms with van der Waals surface area (Å²) in [5, 5.41) is 0. The quantitative estimate of drug-likeness (QED) is 0.513. The smallest absolute Gasteiger partial charge is 0.104 e. The van der Waals surface area contributed by atoms with Crippen molar-refractivity contribution in [3.63, 3.8) is 0 Å². The lowest BCUT2D eigenvalue weighted by Gasteiger charge is -2.39. The topological polar surface area (TPSA) is 78.1 Å². The first kappa shape index (κ1) is 18.8. The molecule has 22 heavy (non-hydrogen) atoms. The van der Waals surface area contributed by atoms with Crippen LogP contribution in [0, 0.1) is 0 Å². The SMILES string of the molecule is C=C(C[N+](CCCN)(CCCN)CCCN)c1ccccc1. The largest absolute Gasteiger partial charge is 0.330 e. The molecule has 0 atom stereocenters. The van der Waals surface area contributed by atoms with E-state index < -0.39 is 0 Å². The molecule has 1 rings (SSSR count). The zero-order valence-electron chi connectivity index (χ0n) is 13.8. The lowest BCUT2D eigenvalue weighted by Crippen LogP contribution is -2.52. The predicted molar refractivity (Wildman–Crippen MR) is 96.2 cm³/mol. The minimum atomic E-state index is 0.725. The Morgan fingerprint density at radius 1 is 0.818 bits per heavy atom. The van der Waals surface area contributed by atoms with Crippen molar-refractivity contribution in [2.24, 2.45) is 17.2 Å². The van der Waals surface area contributed by atoms with Crippen molar-refractivity contribution in [1.29, 1.82) is 0 Å². The van der Waals surface area contributed by atoms with E-state index in [0.717, 1.165) is 69.6 Å². The summed E-state index contributed by atoms with van der Waals surface area (Å²) < 4.78 is 0.999. The first-order valence-corrected chi connectivity index (χ1v) is 8.36. The summed E-state index contributed by atoms with van der Waals surface area (Å²) in [5.74, 6) is 0. The van der Waals surface area contributed by atoms with Gasteiger partial charge in [0.15, 0.2) is 0 Å². The second-order valence-electron chi connectivity index (χ2n) is 6.07. The maximum atomic E-state index is 5.75. The summed E-state index contributed by atoms with van der Waals surface area (Å²) in [7, 11) is 0. The number of hydrogen-bond donors (Lipinski definition) is 3. The van der Waals surface area contributed by atoms with Gasteiger partial charge in [0.2, 0.25) is 0 Å². The van der Waals surface area contributed by atoms with Crippen LogP contribution in [-0.4, -0.2) is 50.3 Å². The number of rotatable bonds is 12. The number of nitrogens with two attached hydrogens (primary N) is 3. The fraction of sp³-hybridized carbons (Fsp3) is 0.556. The summed E-state index contributed by atoms with van der Waals surface area (Å²) in [5.41, 5.74) is 19.7. The normalized spacial score (nSPS) is 11.6. The van der Waals surface area contributed by atoms with Crippen molar-refractivity contribution in [2.45, 2.75) is 19.3 Å². The van der Waals surface area contributed by atoms with Gasteiger partial charge in [-0.25, -0.2) is 0 Å². The minimum Gasteiger partial charge on any atom is -0.330 e. The number of hydrogen-bond acceptors (Lipinski definition) is 3. The Morgan fingerprint density at radius 3 is 1.68 bits per heavy atom. The second-order valence-corrected chi connectivity index (χ2v) is 6.07.